The van der Waals surface area contributed by atoms with Crippen molar-refractivity contribution in [2.75, 3.05) is 0 Å². The van der Waals surface area contributed by atoms with Crippen LogP contribution in [-0.2, 0) is 7.05 Å². The molecule has 1 aromatic carbocycles. The molecule has 1 aliphatic carbocycles. The number of fused-ring (bicyclic) bond motifs is 1. The number of rotatable bonds is 2. The lowest BCUT2D eigenvalue weighted by Crippen LogP contribution is -2.46. The fraction of sp³-hybridized carbons (Fsp3) is 0.429. The standard InChI is InChI=1S/C21H24N2O3/c1-23-14-15(9-10-19(23)24)20(25)22-17-13-21(11-5-2-6-12-21)26-18-8-4-3-7-16(17)18/h3-4,7-10,14,17H,2,5-6,11-13H2,1H3,(H,22,25)/t17-/m0/s1. The highest BCUT2D eigenvalue weighted by Gasteiger charge is 2.42. The Kier molecular flexibility index (Phi) is 4.31. The zero-order valence-corrected chi connectivity index (χ0v) is 15.0. The van der Waals surface area contributed by atoms with Crippen molar-refractivity contribution < 1.29 is 9.53 Å². The highest BCUT2D eigenvalue weighted by molar-refractivity contribution is 5.94. The first-order valence-electron chi connectivity index (χ1n) is 9.32. The molecular formula is C21H24N2O3. The number of para-hydroxylation sites is 1. The van der Waals surface area contributed by atoms with E-state index < -0.39 is 0 Å². The van der Waals surface area contributed by atoms with Crippen LogP contribution >= 0.6 is 0 Å². The van der Waals surface area contributed by atoms with Gasteiger partial charge in [0, 0.05) is 31.3 Å². The number of carbonyl (C=O) groups excluding carboxylic acids is 1. The van der Waals surface area contributed by atoms with Crippen LogP contribution < -0.4 is 15.6 Å². The van der Waals surface area contributed by atoms with Crippen molar-refractivity contribution in [2.24, 2.45) is 7.05 Å². The lowest BCUT2D eigenvalue weighted by Gasteiger charge is -2.44. The van der Waals surface area contributed by atoms with Crippen molar-refractivity contribution in [3.63, 3.8) is 0 Å². The third-order valence-electron chi connectivity index (χ3n) is 5.62. The van der Waals surface area contributed by atoms with Crippen LogP contribution in [0.25, 0.3) is 0 Å². The van der Waals surface area contributed by atoms with Crippen molar-refractivity contribution >= 4 is 5.91 Å². The molecule has 1 atom stereocenters. The number of amides is 1. The number of nitrogens with zero attached hydrogens (tertiary/aromatic N) is 1. The molecule has 26 heavy (non-hydrogen) atoms. The molecule has 2 aliphatic rings. The number of aryl methyl sites for hydroxylation is 1. The monoisotopic (exact) mass is 352 g/mol. The quantitative estimate of drug-likeness (QED) is 0.902. The normalized spacial score (nSPS) is 20.9. The number of hydrogen-bond donors (Lipinski definition) is 1. The highest BCUT2D eigenvalue weighted by atomic mass is 16.5. The molecule has 2 heterocycles. The van der Waals surface area contributed by atoms with E-state index in [9.17, 15) is 9.59 Å². The maximum Gasteiger partial charge on any atom is 0.253 e. The van der Waals surface area contributed by atoms with Crippen LogP contribution in [0.4, 0.5) is 0 Å². The van der Waals surface area contributed by atoms with Crippen LogP contribution in [0.3, 0.4) is 0 Å². The predicted molar refractivity (Wildman–Crippen MR) is 99.4 cm³/mol. The summed E-state index contributed by atoms with van der Waals surface area (Å²) in [6, 6.07) is 10.9. The van der Waals surface area contributed by atoms with E-state index in [4.69, 9.17) is 4.74 Å². The van der Waals surface area contributed by atoms with Gasteiger partial charge in [0.25, 0.3) is 5.91 Å². The lowest BCUT2D eigenvalue weighted by molar-refractivity contribution is -0.00210. The molecule has 1 N–H and O–H groups in total. The van der Waals surface area contributed by atoms with E-state index in [-0.39, 0.29) is 23.1 Å². The van der Waals surface area contributed by atoms with E-state index in [0.29, 0.717) is 5.56 Å². The van der Waals surface area contributed by atoms with Gasteiger partial charge in [0.1, 0.15) is 11.4 Å². The third kappa shape index (κ3) is 3.14. The predicted octanol–water partition coefficient (Wildman–Crippen LogP) is 3.34. The molecule has 5 heteroatoms. The first kappa shape index (κ1) is 16.9. The Morgan fingerprint density at radius 3 is 2.69 bits per heavy atom. The molecule has 0 saturated heterocycles. The summed E-state index contributed by atoms with van der Waals surface area (Å²) in [4.78, 5) is 24.4. The van der Waals surface area contributed by atoms with Gasteiger partial charge in [-0.15, -0.1) is 0 Å². The van der Waals surface area contributed by atoms with Gasteiger partial charge in [-0.3, -0.25) is 9.59 Å². The summed E-state index contributed by atoms with van der Waals surface area (Å²) in [6.07, 6.45) is 8.04. The maximum atomic E-state index is 12.8. The molecule has 0 radical (unpaired) electrons. The fourth-order valence-corrected chi connectivity index (χ4v) is 4.22. The van der Waals surface area contributed by atoms with Gasteiger partial charge in [-0.25, -0.2) is 0 Å². The molecule has 0 bridgehead atoms. The van der Waals surface area contributed by atoms with Crippen molar-refractivity contribution in [2.45, 2.75) is 50.2 Å². The molecule has 136 valence electrons. The van der Waals surface area contributed by atoms with E-state index in [0.717, 1.165) is 30.6 Å². The van der Waals surface area contributed by atoms with Crippen LogP contribution in [0.2, 0.25) is 0 Å². The molecule has 0 unspecified atom stereocenters. The molecule has 5 nitrogen and oxygen atoms in total. The number of carbonyl (C=O) groups is 1. The SMILES string of the molecule is Cn1cc(C(=O)N[C@H]2CC3(CCCCC3)Oc3ccccc32)ccc1=O. The van der Waals surface area contributed by atoms with E-state index in [1.165, 1.54) is 29.9 Å². The fourth-order valence-electron chi connectivity index (χ4n) is 4.22. The van der Waals surface area contributed by atoms with Gasteiger partial charge < -0.3 is 14.6 Å². The Hall–Kier alpha value is -2.56. The minimum Gasteiger partial charge on any atom is -0.487 e. The summed E-state index contributed by atoms with van der Waals surface area (Å²) in [7, 11) is 1.65. The van der Waals surface area contributed by atoms with E-state index in [1.807, 2.05) is 24.3 Å². The zero-order valence-electron chi connectivity index (χ0n) is 15.0. The number of nitrogens with one attached hydrogen (secondary N) is 1. The minimum atomic E-state index is -0.173. The summed E-state index contributed by atoms with van der Waals surface area (Å²) in [6.45, 7) is 0. The molecule has 4 rings (SSSR count). The van der Waals surface area contributed by atoms with Crippen molar-refractivity contribution in [3.05, 3.63) is 64.1 Å². The van der Waals surface area contributed by atoms with Crippen molar-refractivity contribution in [3.8, 4) is 5.75 Å². The summed E-state index contributed by atoms with van der Waals surface area (Å²) in [5.41, 5.74) is 1.23. The van der Waals surface area contributed by atoms with Crippen LogP contribution in [0.1, 0.15) is 60.5 Å². The maximum absolute atomic E-state index is 12.8. The summed E-state index contributed by atoms with van der Waals surface area (Å²) in [5, 5.41) is 3.18. The van der Waals surface area contributed by atoms with Gasteiger partial charge >= 0.3 is 0 Å². The molecule has 1 amide bonds. The molecule has 1 aliphatic heterocycles. The number of hydrogen-bond acceptors (Lipinski definition) is 3. The minimum absolute atomic E-state index is 0.0808. The highest BCUT2D eigenvalue weighted by Crippen LogP contribution is 2.46. The second-order valence-corrected chi connectivity index (χ2v) is 7.48. The Morgan fingerprint density at radius 1 is 1.15 bits per heavy atom. The first-order chi connectivity index (χ1) is 12.6. The van der Waals surface area contributed by atoms with Crippen molar-refractivity contribution in [1.29, 1.82) is 0 Å². The molecule has 1 saturated carbocycles. The first-order valence-corrected chi connectivity index (χ1v) is 9.32. The van der Waals surface area contributed by atoms with Gasteiger partial charge in [-0.1, -0.05) is 24.6 Å². The molecule has 1 aromatic heterocycles. The summed E-state index contributed by atoms with van der Waals surface area (Å²) in [5.74, 6) is 0.722. The van der Waals surface area contributed by atoms with Gasteiger partial charge in [-0.05, 0) is 37.8 Å². The smallest absolute Gasteiger partial charge is 0.253 e. The Balaban J connectivity index is 1.62. The van der Waals surface area contributed by atoms with E-state index in [2.05, 4.69) is 5.32 Å². The van der Waals surface area contributed by atoms with E-state index in [1.54, 1.807) is 19.3 Å². The van der Waals surface area contributed by atoms with Gasteiger partial charge in [0.2, 0.25) is 5.56 Å². The average Bonchev–Trinajstić information content (AvgIpc) is 2.64. The van der Waals surface area contributed by atoms with Crippen LogP contribution in [0.15, 0.2) is 47.4 Å². The Morgan fingerprint density at radius 2 is 1.92 bits per heavy atom. The second kappa shape index (κ2) is 6.63. The van der Waals surface area contributed by atoms with Gasteiger partial charge in [-0.2, -0.15) is 0 Å². The van der Waals surface area contributed by atoms with Crippen LogP contribution in [-0.4, -0.2) is 16.1 Å². The Bertz CT molecular complexity index is 881. The van der Waals surface area contributed by atoms with E-state index >= 15 is 0 Å². The number of aromatic nitrogens is 1. The summed E-state index contributed by atoms with van der Waals surface area (Å²) < 4.78 is 7.84. The topological polar surface area (TPSA) is 60.3 Å². The largest absolute Gasteiger partial charge is 0.487 e. The average molecular weight is 352 g/mol. The molecule has 1 fully saturated rings. The van der Waals surface area contributed by atoms with Crippen LogP contribution in [0.5, 0.6) is 5.75 Å². The lowest BCUT2D eigenvalue weighted by atomic mass is 9.77. The zero-order chi connectivity index (χ0) is 18.1. The van der Waals surface area contributed by atoms with Crippen LogP contribution in [0, 0.1) is 0 Å². The summed E-state index contributed by atoms with van der Waals surface area (Å²) >= 11 is 0. The number of ether oxygens (including phenoxy) is 1. The molecular weight excluding hydrogens is 328 g/mol. The van der Waals surface area contributed by atoms with Gasteiger partial charge in [0.05, 0.1) is 11.6 Å². The number of pyridine rings is 1. The third-order valence-corrected chi connectivity index (χ3v) is 5.62. The van der Waals surface area contributed by atoms with Gasteiger partial charge in [0.15, 0.2) is 0 Å². The number of benzene rings is 1. The second-order valence-electron chi connectivity index (χ2n) is 7.48. The Labute approximate surface area is 153 Å². The molecule has 2 aromatic rings. The van der Waals surface area contributed by atoms with Crippen molar-refractivity contribution in [1.82, 2.24) is 9.88 Å². The molecule has 1 spiro atoms.